The lowest BCUT2D eigenvalue weighted by Crippen LogP contribution is -1.95. The van der Waals surface area contributed by atoms with Gasteiger partial charge in [-0.3, -0.25) is 15.5 Å². The van der Waals surface area contributed by atoms with E-state index < -0.39 is 10.9 Å². The summed E-state index contributed by atoms with van der Waals surface area (Å²) in [6.45, 7) is 0. The van der Waals surface area contributed by atoms with Crippen molar-refractivity contribution in [3.05, 3.63) is 82.1 Å². The van der Waals surface area contributed by atoms with E-state index in [0.717, 1.165) is 0 Å². The molecule has 26 heavy (non-hydrogen) atoms. The van der Waals surface area contributed by atoms with Gasteiger partial charge in [0.1, 0.15) is 11.5 Å². The Balaban J connectivity index is 1.68. The standard InChI is InChI=1S/C18H13N3O5/c22-18(23)13-3-1-2-12(10-13)17-9-8-16(26-17)11-19-20-14-4-6-15(7-5-14)21(24)25/h1-11,20H,(H,22,23)/b19-11+. The van der Waals surface area contributed by atoms with Gasteiger partial charge in [-0.05, 0) is 36.4 Å². The fourth-order valence-electron chi connectivity index (χ4n) is 2.21. The number of nitro benzene ring substituents is 1. The van der Waals surface area contributed by atoms with Gasteiger partial charge in [-0.15, -0.1) is 0 Å². The Morgan fingerprint density at radius 1 is 1.15 bits per heavy atom. The Bertz CT molecular complexity index is 977. The summed E-state index contributed by atoms with van der Waals surface area (Å²) in [5.41, 5.74) is 4.15. The third-order valence-corrected chi connectivity index (χ3v) is 3.48. The highest BCUT2D eigenvalue weighted by atomic mass is 16.6. The van der Waals surface area contributed by atoms with Crippen LogP contribution in [0.2, 0.25) is 0 Å². The predicted molar refractivity (Wildman–Crippen MR) is 95.4 cm³/mol. The smallest absolute Gasteiger partial charge is 0.335 e. The van der Waals surface area contributed by atoms with E-state index in [-0.39, 0.29) is 11.3 Å². The molecule has 0 spiro atoms. The van der Waals surface area contributed by atoms with Gasteiger partial charge >= 0.3 is 5.97 Å². The molecule has 0 saturated carbocycles. The van der Waals surface area contributed by atoms with Crippen LogP contribution in [0.4, 0.5) is 11.4 Å². The lowest BCUT2D eigenvalue weighted by molar-refractivity contribution is -0.384. The van der Waals surface area contributed by atoms with E-state index in [0.29, 0.717) is 22.8 Å². The van der Waals surface area contributed by atoms with E-state index in [2.05, 4.69) is 10.5 Å². The fourth-order valence-corrected chi connectivity index (χ4v) is 2.21. The van der Waals surface area contributed by atoms with E-state index in [1.165, 1.54) is 30.5 Å². The van der Waals surface area contributed by atoms with Crippen LogP contribution in [0.25, 0.3) is 11.3 Å². The summed E-state index contributed by atoms with van der Waals surface area (Å²) >= 11 is 0. The minimum atomic E-state index is -1.01. The van der Waals surface area contributed by atoms with Crippen LogP contribution in [-0.4, -0.2) is 22.2 Å². The molecule has 2 N–H and O–H groups in total. The van der Waals surface area contributed by atoms with E-state index in [1.54, 1.807) is 36.4 Å². The summed E-state index contributed by atoms with van der Waals surface area (Å²) in [5, 5.41) is 23.6. The average Bonchev–Trinajstić information content (AvgIpc) is 3.11. The van der Waals surface area contributed by atoms with Crippen molar-refractivity contribution in [3.63, 3.8) is 0 Å². The fraction of sp³-hybridized carbons (Fsp3) is 0. The van der Waals surface area contributed by atoms with Gasteiger partial charge < -0.3 is 9.52 Å². The van der Waals surface area contributed by atoms with Crippen molar-refractivity contribution in [1.82, 2.24) is 0 Å². The molecule has 0 aliphatic heterocycles. The van der Waals surface area contributed by atoms with E-state index >= 15 is 0 Å². The van der Waals surface area contributed by atoms with Gasteiger partial charge in [-0.1, -0.05) is 12.1 Å². The first-order valence-electron chi connectivity index (χ1n) is 7.50. The molecule has 8 heteroatoms. The molecule has 0 aliphatic carbocycles. The molecule has 0 fully saturated rings. The number of hydrazone groups is 1. The van der Waals surface area contributed by atoms with Gasteiger partial charge in [0.05, 0.1) is 22.4 Å². The first-order chi connectivity index (χ1) is 12.5. The number of rotatable bonds is 6. The monoisotopic (exact) mass is 351 g/mol. The molecule has 0 saturated heterocycles. The second kappa shape index (κ2) is 7.31. The second-order valence-corrected chi connectivity index (χ2v) is 5.26. The molecule has 3 rings (SSSR count). The highest BCUT2D eigenvalue weighted by Crippen LogP contribution is 2.22. The summed E-state index contributed by atoms with van der Waals surface area (Å²) in [6.07, 6.45) is 1.45. The molecule has 1 aromatic heterocycles. The minimum Gasteiger partial charge on any atom is -0.478 e. The van der Waals surface area contributed by atoms with Crippen LogP contribution in [0.5, 0.6) is 0 Å². The van der Waals surface area contributed by atoms with Gasteiger partial charge in [0.2, 0.25) is 0 Å². The summed E-state index contributed by atoms with van der Waals surface area (Å²) < 4.78 is 5.62. The normalized spacial score (nSPS) is 10.8. The topological polar surface area (TPSA) is 118 Å². The molecule has 8 nitrogen and oxygen atoms in total. The van der Waals surface area contributed by atoms with Crippen molar-refractivity contribution in [2.75, 3.05) is 5.43 Å². The van der Waals surface area contributed by atoms with Crippen LogP contribution in [-0.2, 0) is 0 Å². The SMILES string of the molecule is O=C(O)c1cccc(-c2ccc(/C=N/Nc3ccc([N+](=O)[O-])cc3)o2)c1. The Labute approximate surface area is 147 Å². The van der Waals surface area contributed by atoms with Crippen molar-refractivity contribution >= 4 is 23.6 Å². The number of carboxylic acids is 1. The summed E-state index contributed by atoms with van der Waals surface area (Å²) in [6, 6.07) is 15.7. The number of furan rings is 1. The number of nitrogens with one attached hydrogen (secondary N) is 1. The Morgan fingerprint density at radius 3 is 2.62 bits per heavy atom. The summed E-state index contributed by atoms with van der Waals surface area (Å²) in [5.74, 6) is -0.0208. The molecule has 0 amide bonds. The quantitative estimate of drug-likeness (QED) is 0.394. The molecule has 2 aromatic carbocycles. The van der Waals surface area contributed by atoms with Crippen molar-refractivity contribution in [2.45, 2.75) is 0 Å². The largest absolute Gasteiger partial charge is 0.478 e. The lowest BCUT2D eigenvalue weighted by Gasteiger charge is -1.99. The van der Waals surface area contributed by atoms with Crippen molar-refractivity contribution in [2.24, 2.45) is 5.10 Å². The van der Waals surface area contributed by atoms with Crippen LogP contribution >= 0.6 is 0 Å². The van der Waals surface area contributed by atoms with Gasteiger partial charge in [0.25, 0.3) is 5.69 Å². The molecular weight excluding hydrogens is 338 g/mol. The Morgan fingerprint density at radius 2 is 1.92 bits per heavy atom. The number of anilines is 1. The van der Waals surface area contributed by atoms with Gasteiger partial charge in [0, 0.05) is 17.7 Å². The molecule has 3 aromatic rings. The van der Waals surface area contributed by atoms with E-state index in [1.807, 2.05) is 0 Å². The maximum absolute atomic E-state index is 11.0. The number of carboxylic acid groups (broad SMARTS) is 1. The highest BCUT2D eigenvalue weighted by Gasteiger charge is 2.08. The van der Waals surface area contributed by atoms with E-state index in [4.69, 9.17) is 9.52 Å². The Kier molecular flexibility index (Phi) is 4.75. The van der Waals surface area contributed by atoms with Crippen molar-refractivity contribution < 1.29 is 19.2 Å². The maximum atomic E-state index is 11.0. The number of nitrogens with zero attached hydrogens (tertiary/aromatic N) is 2. The molecular formula is C18H13N3O5. The number of hydrogen-bond donors (Lipinski definition) is 2. The first-order valence-corrected chi connectivity index (χ1v) is 7.50. The molecule has 0 radical (unpaired) electrons. The average molecular weight is 351 g/mol. The lowest BCUT2D eigenvalue weighted by atomic mass is 10.1. The number of nitro groups is 1. The second-order valence-electron chi connectivity index (χ2n) is 5.26. The number of carbonyl (C=O) groups is 1. The minimum absolute atomic E-state index is 0.00111. The predicted octanol–water partition coefficient (Wildman–Crippen LogP) is 4.00. The molecule has 1 heterocycles. The Hall–Kier alpha value is -3.94. The number of aromatic carboxylic acids is 1. The van der Waals surface area contributed by atoms with Crippen molar-refractivity contribution in [1.29, 1.82) is 0 Å². The molecule has 0 unspecified atom stereocenters. The van der Waals surface area contributed by atoms with Gasteiger partial charge in [0.15, 0.2) is 0 Å². The highest BCUT2D eigenvalue weighted by molar-refractivity contribution is 5.89. The summed E-state index contributed by atoms with van der Waals surface area (Å²) in [7, 11) is 0. The van der Waals surface area contributed by atoms with Crippen LogP contribution < -0.4 is 5.43 Å². The molecule has 0 atom stereocenters. The first kappa shape index (κ1) is 16.9. The zero-order valence-electron chi connectivity index (χ0n) is 13.3. The zero-order valence-corrected chi connectivity index (χ0v) is 13.3. The third kappa shape index (κ3) is 3.93. The van der Waals surface area contributed by atoms with Crippen LogP contribution in [0.1, 0.15) is 16.1 Å². The number of non-ortho nitro benzene ring substituents is 1. The third-order valence-electron chi connectivity index (χ3n) is 3.48. The number of benzene rings is 2. The number of hydrogen-bond acceptors (Lipinski definition) is 6. The zero-order chi connectivity index (χ0) is 18.5. The molecule has 130 valence electrons. The van der Waals surface area contributed by atoms with Crippen LogP contribution in [0, 0.1) is 10.1 Å². The van der Waals surface area contributed by atoms with Crippen LogP contribution in [0.15, 0.2) is 70.2 Å². The van der Waals surface area contributed by atoms with Gasteiger partial charge in [-0.2, -0.15) is 5.10 Å². The van der Waals surface area contributed by atoms with Gasteiger partial charge in [-0.25, -0.2) is 4.79 Å². The molecule has 0 aliphatic rings. The molecule has 0 bridgehead atoms. The maximum Gasteiger partial charge on any atom is 0.335 e. The van der Waals surface area contributed by atoms with E-state index in [9.17, 15) is 14.9 Å². The summed E-state index contributed by atoms with van der Waals surface area (Å²) in [4.78, 5) is 21.2. The van der Waals surface area contributed by atoms with Crippen molar-refractivity contribution in [3.8, 4) is 11.3 Å². The van der Waals surface area contributed by atoms with Crippen LogP contribution in [0.3, 0.4) is 0 Å².